The van der Waals surface area contributed by atoms with Crippen LogP contribution in [0.25, 0.3) is 28.3 Å². The molecule has 226 valence electrons. The van der Waals surface area contributed by atoms with Crippen LogP contribution in [0.1, 0.15) is 69.3 Å². The summed E-state index contributed by atoms with van der Waals surface area (Å²) in [5.74, 6) is 0.314. The normalized spacial score (nSPS) is 13.0. The zero-order valence-electron chi connectivity index (χ0n) is 24.8. The molecule has 0 radical (unpaired) electrons. The molecule has 5 rings (SSSR count). The number of fused-ring (bicyclic) bond motifs is 1. The van der Waals surface area contributed by atoms with Gasteiger partial charge in [0.2, 0.25) is 5.78 Å². The third-order valence-electron chi connectivity index (χ3n) is 7.83. The number of ether oxygens (including phenoxy) is 1. The lowest BCUT2D eigenvalue weighted by atomic mass is 9.96. The molecule has 11 nitrogen and oxygen atoms in total. The van der Waals surface area contributed by atoms with Crippen LogP contribution in [0.3, 0.4) is 0 Å². The van der Waals surface area contributed by atoms with E-state index < -0.39 is 5.76 Å². The molecule has 2 aromatic carbocycles. The molecule has 0 saturated carbocycles. The summed E-state index contributed by atoms with van der Waals surface area (Å²) in [6.07, 6.45) is 5.87. The number of aromatic amines is 1. The topological polar surface area (TPSA) is 141 Å². The van der Waals surface area contributed by atoms with E-state index in [1.165, 1.54) is 6.33 Å². The molecule has 0 unspecified atom stereocenters. The summed E-state index contributed by atoms with van der Waals surface area (Å²) >= 11 is 0. The van der Waals surface area contributed by atoms with Crippen molar-refractivity contribution in [2.75, 3.05) is 13.2 Å². The Hall–Kier alpha value is -4.35. The maximum atomic E-state index is 14.2. The van der Waals surface area contributed by atoms with Gasteiger partial charge in [0.15, 0.2) is 5.82 Å². The number of rotatable bonds is 14. The van der Waals surface area contributed by atoms with Crippen molar-refractivity contribution in [3.63, 3.8) is 0 Å². The highest BCUT2D eigenvalue weighted by atomic mass is 16.5. The summed E-state index contributed by atoms with van der Waals surface area (Å²) in [4.78, 5) is 32.8. The second-order valence-electron chi connectivity index (χ2n) is 10.7. The maximum absolute atomic E-state index is 14.2. The van der Waals surface area contributed by atoms with E-state index in [1.807, 2.05) is 60.0 Å². The first-order valence-corrected chi connectivity index (χ1v) is 14.9. The molecule has 3 heterocycles. The fourth-order valence-corrected chi connectivity index (χ4v) is 5.62. The summed E-state index contributed by atoms with van der Waals surface area (Å²) in [7, 11) is 0. The minimum atomic E-state index is -0.604. The van der Waals surface area contributed by atoms with Crippen molar-refractivity contribution in [3.8, 4) is 22.5 Å². The Morgan fingerprint density at radius 2 is 1.81 bits per heavy atom. The first-order chi connectivity index (χ1) is 20.9. The number of aliphatic hydroxyl groups is 1. The standard InChI is InChI=1S/C32H38N6O5/c1-4-8-28-27(30(40)37(31-33-20-34-38(28)31)21(3)11-16-24(5-2)42-18-17-39)19-22-12-14-23(15-13-22)25-9-6-7-10-26(25)29-35-32(41)43-36-29/h6-7,9-10,12-15,20-21,24,39H,4-5,8,11,16-19H2,1-3H3,(H,35,36,41)/t21-,24+/m0/s1. The molecule has 43 heavy (non-hydrogen) atoms. The highest BCUT2D eigenvalue weighted by Crippen LogP contribution is 2.30. The predicted octanol–water partition coefficient (Wildman–Crippen LogP) is 4.57. The van der Waals surface area contributed by atoms with Crippen LogP contribution in [-0.2, 0) is 17.6 Å². The SMILES string of the molecule is CCCc1c(Cc2ccc(-c3ccccc3-c3noc(=O)[nH]3)cc2)c(=O)n([C@@H](C)CC[C@@H](CC)OCCO)c2ncnn12. The zero-order chi connectivity index (χ0) is 30.3. The van der Waals surface area contributed by atoms with Crippen molar-refractivity contribution in [2.24, 2.45) is 0 Å². The Bertz CT molecular complexity index is 1770. The lowest BCUT2D eigenvalue weighted by Gasteiger charge is -2.22. The zero-order valence-corrected chi connectivity index (χ0v) is 24.8. The molecule has 11 heteroatoms. The van der Waals surface area contributed by atoms with Crippen LogP contribution in [0, 0.1) is 0 Å². The van der Waals surface area contributed by atoms with Crippen LogP contribution in [0.5, 0.6) is 0 Å². The summed E-state index contributed by atoms with van der Waals surface area (Å²) in [6, 6.07) is 15.6. The van der Waals surface area contributed by atoms with Gasteiger partial charge >= 0.3 is 5.76 Å². The van der Waals surface area contributed by atoms with Crippen LogP contribution in [-0.4, -0.2) is 53.7 Å². The van der Waals surface area contributed by atoms with Gasteiger partial charge in [-0.3, -0.25) is 18.9 Å². The number of aliphatic hydroxyl groups excluding tert-OH is 1. The van der Waals surface area contributed by atoms with E-state index in [9.17, 15) is 9.59 Å². The largest absolute Gasteiger partial charge is 0.439 e. The van der Waals surface area contributed by atoms with Crippen molar-refractivity contribution in [3.05, 3.63) is 92.6 Å². The lowest BCUT2D eigenvalue weighted by Crippen LogP contribution is -2.32. The lowest BCUT2D eigenvalue weighted by molar-refractivity contribution is 0.0193. The molecule has 2 N–H and O–H groups in total. The van der Waals surface area contributed by atoms with E-state index in [0.717, 1.165) is 53.6 Å². The molecular weight excluding hydrogens is 548 g/mol. The van der Waals surface area contributed by atoms with Gasteiger partial charge in [-0.2, -0.15) is 10.1 Å². The van der Waals surface area contributed by atoms with E-state index >= 15 is 0 Å². The number of nitrogens with one attached hydrogen (secondary N) is 1. The van der Waals surface area contributed by atoms with Crippen molar-refractivity contribution in [1.82, 2.24) is 29.3 Å². The van der Waals surface area contributed by atoms with E-state index in [0.29, 0.717) is 36.6 Å². The quantitative estimate of drug-likeness (QED) is 0.193. The Morgan fingerprint density at radius 3 is 2.49 bits per heavy atom. The van der Waals surface area contributed by atoms with Gasteiger partial charge in [-0.1, -0.05) is 74.0 Å². The van der Waals surface area contributed by atoms with Crippen molar-refractivity contribution < 1.29 is 14.4 Å². The van der Waals surface area contributed by atoms with Crippen molar-refractivity contribution >= 4 is 5.78 Å². The van der Waals surface area contributed by atoms with Gasteiger partial charge in [-0.15, -0.1) is 0 Å². The molecule has 0 aliphatic carbocycles. The number of hydrogen-bond acceptors (Lipinski definition) is 8. The number of aromatic nitrogens is 6. The van der Waals surface area contributed by atoms with Crippen LogP contribution in [0.4, 0.5) is 0 Å². The molecule has 0 amide bonds. The van der Waals surface area contributed by atoms with Crippen LogP contribution in [0.15, 0.2) is 69.0 Å². The molecule has 3 aromatic heterocycles. The molecular formula is C32H38N6O5. The molecule has 0 saturated heterocycles. The average Bonchev–Trinajstić information content (AvgIpc) is 3.69. The maximum Gasteiger partial charge on any atom is 0.439 e. The second kappa shape index (κ2) is 13.7. The van der Waals surface area contributed by atoms with Gasteiger partial charge in [-0.05, 0) is 49.3 Å². The van der Waals surface area contributed by atoms with Gasteiger partial charge in [0.25, 0.3) is 5.56 Å². The number of aryl methyl sites for hydroxylation is 1. The fraction of sp³-hybridized carbons (Fsp3) is 0.406. The van der Waals surface area contributed by atoms with Crippen LogP contribution >= 0.6 is 0 Å². The first kappa shape index (κ1) is 30.1. The third-order valence-corrected chi connectivity index (χ3v) is 7.83. The summed E-state index contributed by atoms with van der Waals surface area (Å²) in [5, 5.41) is 17.5. The monoisotopic (exact) mass is 586 g/mol. The predicted molar refractivity (Wildman–Crippen MR) is 163 cm³/mol. The Morgan fingerprint density at radius 1 is 1.05 bits per heavy atom. The van der Waals surface area contributed by atoms with Crippen LogP contribution in [0.2, 0.25) is 0 Å². The summed E-state index contributed by atoms with van der Waals surface area (Å²) in [6.45, 7) is 6.48. The molecule has 0 bridgehead atoms. The number of hydrogen-bond donors (Lipinski definition) is 2. The molecule has 2 atom stereocenters. The van der Waals surface area contributed by atoms with Gasteiger partial charge in [0.05, 0.1) is 25.0 Å². The molecule has 0 aliphatic rings. The highest BCUT2D eigenvalue weighted by molar-refractivity contribution is 5.80. The average molecular weight is 587 g/mol. The number of nitrogens with zero attached hydrogens (tertiary/aromatic N) is 5. The Labute approximate surface area is 249 Å². The molecule has 5 aromatic rings. The smallest absolute Gasteiger partial charge is 0.394 e. The van der Waals surface area contributed by atoms with E-state index in [2.05, 4.69) is 34.1 Å². The highest BCUT2D eigenvalue weighted by Gasteiger charge is 2.22. The first-order valence-electron chi connectivity index (χ1n) is 14.9. The third kappa shape index (κ3) is 6.52. The van der Waals surface area contributed by atoms with E-state index in [4.69, 9.17) is 14.4 Å². The second-order valence-corrected chi connectivity index (χ2v) is 10.7. The van der Waals surface area contributed by atoms with Gasteiger partial charge in [0.1, 0.15) is 6.33 Å². The summed E-state index contributed by atoms with van der Waals surface area (Å²) in [5.41, 5.74) is 5.14. The van der Waals surface area contributed by atoms with Crippen molar-refractivity contribution in [1.29, 1.82) is 0 Å². The van der Waals surface area contributed by atoms with Crippen molar-refractivity contribution in [2.45, 2.75) is 71.4 Å². The number of benzene rings is 2. The van der Waals surface area contributed by atoms with E-state index in [1.54, 1.807) is 4.57 Å². The van der Waals surface area contributed by atoms with Gasteiger partial charge < -0.3 is 9.84 Å². The minimum absolute atomic E-state index is 0.00983. The molecule has 0 fully saturated rings. The molecule has 0 aliphatic heterocycles. The Balaban J connectivity index is 1.47. The van der Waals surface area contributed by atoms with Gasteiger partial charge in [-0.25, -0.2) is 9.31 Å². The summed E-state index contributed by atoms with van der Waals surface area (Å²) < 4.78 is 14.1. The number of H-pyrrole nitrogens is 1. The van der Waals surface area contributed by atoms with Crippen LogP contribution < -0.4 is 11.3 Å². The molecule has 0 spiro atoms. The van der Waals surface area contributed by atoms with E-state index in [-0.39, 0.29) is 24.3 Å². The van der Waals surface area contributed by atoms with Gasteiger partial charge in [0, 0.05) is 23.6 Å². The Kier molecular flexibility index (Phi) is 9.63. The fourth-order valence-electron chi connectivity index (χ4n) is 5.62. The minimum Gasteiger partial charge on any atom is -0.394 e.